The van der Waals surface area contributed by atoms with Gasteiger partial charge in [-0.05, 0) is 42.0 Å². The third-order valence-corrected chi connectivity index (χ3v) is 3.14. The van der Waals surface area contributed by atoms with Crippen LogP contribution in [0.5, 0.6) is 5.75 Å². The highest BCUT2D eigenvalue weighted by atomic mass is 16.5. The van der Waals surface area contributed by atoms with Crippen molar-refractivity contribution in [3.05, 3.63) is 41.0 Å². The summed E-state index contributed by atoms with van der Waals surface area (Å²) >= 11 is 0. The minimum atomic E-state index is -1.35. The molecule has 0 aromatic heterocycles. The number of ether oxygens (including phenoxy) is 1. The maximum Gasteiger partial charge on any atom is 0.337 e. The van der Waals surface area contributed by atoms with Gasteiger partial charge < -0.3 is 14.9 Å². The molecule has 0 aliphatic heterocycles. The maximum absolute atomic E-state index is 11.7. The second-order valence-electron chi connectivity index (χ2n) is 4.43. The van der Waals surface area contributed by atoms with Gasteiger partial charge in [0, 0.05) is 5.56 Å². The molecule has 6 heteroatoms. The van der Waals surface area contributed by atoms with Crippen LogP contribution in [0.25, 0.3) is 10.8 Å². The molecule has 0 saturated carbocycles. The highest BCUT2D eigenvalue weighted by Crippen LogP contribution is 2.29. The van der Waals surface area contributed by atoms with Gasteiger partial charge in [0.05, 0.1) is 18.2 Å². The predicted octanol–water partition coefficient (Wildman–Crippen LogP) is 2.45. The number of carbonyl (C=O) groups is 3. The van der Waals surface area contributed by atoms with Crippen molar-refractivity contribution >= 4 is 28.5 Å². The lowest BCUT2D eigenvalue weighted by Gasteiger charge is -2.12. The Balaban J connectivity index is 3.01. The summed E-state index contributed by atoms with van der Waals surface area (Å²) in [6.45, 7) is 1.14. The summed E-state index contributed by atoms with van der Waals surface area (Å²) in [5.41, 5.74) is -0.937. The Kier molecular flexibility index (Phi) is 3.62. The summed E-state index contributed by atoms with van der Waals surface area (Å²) in [7, 11) is 1.45. The van der Waals surface area contributed by atoms with E-state index >= 15 is 0 Å². The Morgan fingerprint density at radius 1 is 1.00 bits per heavy atom. The van der Waals surface area contributed by atoms with E-state index in [9.17, 15) is 24.6 Å². The number of carboxylic acids is 2. The van der Waals surface area contributed by atoms with Crippen LogP contribution in [0, 0.1) is 0 Å². The number of hydrogen-bond acceptors (Lipinski definition) is 4. The Morgan fingerprint density at radius 3 is 2.14 bits per heavy atom. The van der Waals surface area contributed by atoms with Gasteiger partial charge in [-0.1, -0.05) is 0 Å². The summed E-state index contributed by atoms with van der Waals surface area (Å²) in [5.74, 6) is -2.85. The highest BCUT2D eigenvalue weighted by Gasteiger charge is 2.25. The normalized spacial score (nSPS) is 10.4. The van der Waals surface area contributed by atoms with Crippen molar-refractivity contribution in [2.45, 2.75) is 6.92 Å². The standard InChI is InChI=1S/C15H12O6/c1-7(16)12-11(14(17)18)6-8-5-9(21-2)3-4-10(8)13(12)15(19)20/h3-6H,1-2H3,(H,17,18)(H,19,20). The van der Waals surface area contributed by atoms with E-state index in [2.05, 4.69) is 0 Å². The highest BCUT2D eigenvalue weighted by molar-refractivity contribution is 6.18. The van der Waals surface area contributed by atoms with Gasteiger partial charge in [-0.25, -0.2) is 9.59 Å². The average molecular weight is 288 g/mol. The van der Waals surface area contributed by atoms with Crippen molar-refractivity contribution in [1.29, 1.82) is 0 Å². The predicted molar refractivity (Wildman–Crippen MR) is 74.4 cm³/mol. The average Bonchev–Trinajstić information content (AvgIpc) is 2.43. The van der Waals surface area contributed by atoms with Gasteiger partial charge in [0.1, 0.15) is 5.75 Å². The minimum Gasteiger partial charge on any atom is -0.497 e. The second-order valence-corrected chi connectivity index (χ2v) is 4.43. The number of rotatable bonds is 4. The number of fused-ring (bicyclic) bond motifs is 1. The number of carbonyl (C=O) groups excluding carboxylic acids is 1. The molecule has 0 radical (unpaired) electrons. The lowest BCUT2D eigenvalue weighted by atomic mass is 9.91. The molecular formula is C15H12O6. The van der Waals surface area contributed by atoms with Gasteiger partial charge in [0.15, 0.2) is 5.78 Å². The van der Waals surface area contributed by atoms with Gasteiger partial charge in [0.2, 0.25) is 0 Å². The molecule has 2 rings (SSSR count). The van der Waals surface area contributed by atoms with Crippen molar-refractivity contribution in [3.8, 4) is 5.75 Å². The number of Topliss-reactive ketones (excluding diaryl/α,β-unsaturated/α-hetero) is 1. The van der Waals surface area contributed by atoms with Crippen LogP contribution in [0.3, 0.4) is 0 Å². The molecule has 0 aliphatic rings. The molecule has 2 N–H and O–H groups in total. The molecule has 0 heterocycles. The molecule has 0 atom stereocenters. The summed E-state index contributed by atoms with van der Waals surface area (Å²) in [5, 5.41) is 19.3. The fourth-order valence-electron chi connectivity index (χ4n) is 2.27. The molecule has 21 heavy (non-hydrogen) atoms. The molecule has 2 aromatic rings. The van der Waals surface area contributed by atoms with Crippen LogP contribution in [0.15, 0.2) is 24.3 Å². The summed E-state index contributed by atoms with van der Waals surface area (Å²) < 4.78 is 5.04. The van der Waals surface area contributed by atoms with E-state index in [4.69, 9.17) is 4.74 Å². The molecule has 6 nitrogen and oxygen atoms in total. The van der Waals surface area contributed by atoms with Crippen molar-refractivity contribution < 1.29 is 29.3 Å². The number of hydrogen-bond donors (Lipinski definition) is 2. The molecule has 0 saturated heterocycles. The van der Waals surface area contributed by atoms with Crippen LogP contribution in [-0.2, 0) is 0 Å². The SMILES string of the molecule is COc1ccc2c(C(=O)O)c(C(C)=O)c(C(=O)O)cc2c1. The van der Waals surface area contributed by atoms with Crippen LogP contribution in [-0.4, -0.2) is 35.0 Å². The first kappa shape index (κ1) is 14.5. The van der Waals surface area contributed by atoms with Gasteiger partial charge in [-0.3, -0.25) is 4.79 Å². The van der Waals surface area contributed by atoms with Gasteiger partial charge in [0.25, 0.3) is 0 Å². The van der Waals surface area contributed by atoms with Gasteiger partial charge in [-0.15, -0.1) is 0 Å². The Hall–Kier alpha value is -2.89. The van der Waals surface area contributed by atoms with E-state index in [0.29, 0.717) is 16.5 Å². The first-order valence-electron chi connectivity index (χ1n) is 5.99. The quantitative estimate of drug-likeness (QED) is 0.838. The van der Waals surface area contributed by atoms with E-state index in [1.807, 2.05) is 0 Å². The van der Waals surface area contributed by atoms with Crippen LogP contribution < -0.4 is 4.74 Å². The third kappa shape index (κ3) is 2.43. The monoisotopic (exact) mass is 288 g/mol. The van der Waals surface area contributed by atoms with Gasteiger partial charge >= 0.3 is 11.9 Å². The van der Waals surface area contributed by atoms with Crippen molar-refractivity contribution in [2.75, 3.05) is 7.11 Å². The van der Waals surface area contributed by atoms with Crippen molar-refractivity contribution in [2.24, 2.45) is 0 Å². The van der Waals surface area contributed by atoms with E-state index in [0.717, 1.165) is 6.92 Å². The van der Waals surface area contributed by atoms with Crippen LogP contribution >= 0.6 is 0 Å². The lowest BCUT2D eigenvalue weighted by Crippen LogP contribution is -2.14. The minimum absolute atomic E-state index is 0.290. The van der Waals surface area contributed by atoms with Gasteiger partial charge in [-0.2, -0.15) is 0 Å². The first-order valence-corrected chi connectivity index (χ1v) is 5.99. The number of methoxy groups -OCH3 is 1. The summed E-state index contributed by atoms with van der Waals surface area (Å²) in [6, 6.07) is 5.86. The second kappa shape index (κ2) is 5.24. The van der Waals surface area contributed by atoms with E-state index in [1.165, 1.54) is 25.3 Å². The number of ketones is 1. The topological polar surface area (TPSA) is 101 Å². The molecule has 0 bridgehead atoms. The van der Waals surface area contributed by atoms with Crippen LogP contribution in [0.1, 0.15) is 38.0 Å². The molecule has 0 fully saturated rings. The zero-order chi connectivity index (χ0) is 15.7. The molecule has 108 valence electrons. The molecule has 0 amide bonds. The zero-order valence-electron chi connectivity index (χ0n) is 11.3. The largest absolute Gasteiger partial charge is 0.497 e. The molecular weight excluding hydrogens is 276 g/mol. The number of carboxylic acid groups (broad SMARTS) is 2. The van der Waals surface area contributed by atoms with Crippen molar-refractivity contribution in [3.63, 3.8) is 0 Å². The first-order chi connectivity index (χ1) is 9.86. The zero-order valence-corrected chi connectivity index (χ0v) is 11.3. The fraction of sp³-hybridized carbons (Fsp3) is 0.133. The van der Waals surface area contributed by atoms with Crippen LogP contribution in [0.4, 0.5) is 0 Å². The van der Waals surface area contributed by atoms with E-state index in [1.54, 1.807) is 6.07 Å². The van der Waals surface area contributed by atoms with Crippen molar-refractivity contribution in [1.82, 2.24) is 0 Å². The van der Waals surface area contributed by atoms with Crippen LogP contribution in [0.2, 0.25) is 0 Å². The molecule has 0 aliphatic carbocycles. The summed E-state index contributed by atoms with van der Waals surface area (Å²) in [6.07, 6.45) is 0. The Morgan fingerprint density at radius 2 is 1.67 bits per heavy atom. The summed E-state index contributed by atoms with van der Waals surface area (Å²) in [4.78, 5) is 34.5. The number of aromatic carboxylic acids is 2. The molecule has 2 aromatic carbocycles. The fourth-order valence-corrected chi connectivity index (χ4v) is 2.27. The Labute approximate surface area is 119 Å². The Bertz CT molecular complexity index is 775. The van der Waals surface area contributed by atoms with E-state index in [-0.39, 0.29) is 16.7 Å². The lowest BCUT2D eigenvalue weighted by molar-refractivity contribution is 0.0690. The molecule has 0 spiro atoms. The molecule has 0 unspecified atom stereocenters. The smallest absolute Gasteiger partial charge is 0.337 e. The van der Waals surface area contributed by atoms with E-state index < -0.39 is 17.7 Å². The number of benzene rings is 2. The maximum atomic E-state index is 11.7. The third-order valence-electron chi connectivity index (χ3n) is 3.14.